The Morgan fingerprint density at radius 1 is 1.21 bits per heavy atom. The Bertz CT molecular complexity index is 516. The molecule has 0 bridgehead atoms. The van der Waals surface area contributed by atoms with E-state index in [1.165, 1.54) is 0 Å². The zero-order chi connectivity index (χ0) is 13.5. The van der Waals surface area contributed by atoms with Crippen LogP contribution < -0.4 is 5.32 Å². The number of nitrogens with one attached hydrogen (secondary N) is 1. The average molecular weight is 258 g/mol. The Hall–Kier alpha value is -2.01. The zero-order valence-electron chi connectivity index (χ0n) is 11.3. The van der Waals surface area contributed by atoms with Crippen LogP contribution in [0.3, 0.4) is 0 Å². The number of hydrogen-bond donors (Lipinski definition) is 1. The van der Waals surface area contributed by atoms with Crippen molar-refractivity contribution in [2.45, 2.75) is 20.0 Å². The molecule has 5 heteroatoms. The molecule has 2 aromatic heterocycles. The highest BCUT2D eigenvalue weighted by molar-refractivity contribution is 5.36. The van der Waals surface area contributed by atoms with E-state index in [4.69, 9.17) is 4.74 Å². The molecule has 0 saturated heterocycles. The predicted octanol–water partition coefficient (Wildman–Crippen LogP) is 2.04. The van der Waals surface area contributed by atoms with Crippen molar-refractivity contribution in [1.82, 2.24) is 15.0 Å². The fourth-order valence-electron chi connectivity index (χ4n) is 1.72. The van der Waals surface area contributed by atoms with Crippen molar-refractivity contribution in [3.05, 3.63) is 47.7 Å². The Balaban J connectivity index is 2.19. The Morgan fingerprint density at radius 3 is 2.79 bits per heavy atom. The second-order valence-electron chi connectivity index (χ2n) is 4.05. The molecule has 2 heterocycles. The minimum Gasteiger partial charge on any atom is -0.374 e. The molecule has 0 amide bonds. The molecule has 5 nitrogen and oxygen atoms in total. The van der Waals surface area contributed by atoms with Crippen LogP contribution in [0.2, 0.25) is 0 Å². The second kappa shape index (κ2) is 6.80. The summed E-state index contributed by atoms with van der Waals surface area (Å²) in [6.07, 6.45) is 2.48. The maximum atomic E-state index is 5.36. The Morgan fingerprint density at radius 2 is 2.11 bits per heavy atom. The largest absolute Gasteiger partial charge is 0.374 e. The van der Waals surface area contributed by atoms with Crippen molar-refractivity contribution in [3.63, 3.8) is 0 Å². The quantitative estimate of drug-likeness (QED) is 0.859. The smallest absolute Gasteiger partial charge is 0.156 e. The molecule has 0 atom stereocenters. The van der Waals surface area contributed by atoms with Crippen molar-refractivity contribution in [1.29, 1.82) is 0 Å². The van der Waals surface area contributed by atoms with Crippen LogP contribution in [0.4, 0.5) is 5.82 Å². The van der Waals surface area contributed by atoms with Crippen LogP contribution in [-0.4, -0.2) is 28.6 Å². The molecule has 0 aliphatic heterocycles. The summed E-state index contributed by atoms with van der Waals surface area (Å²) in [6.45, 7) is 3.04. The molecule has 0 aromatic carbocycles. The molecule has 100 valence electrons. The molecule has 0 fully saturated rings. The van der Waals surface area contributed by atoms with Crippen LogP contribution in [0.15, 0.2) is 30.5 Å². The molecule has 0 saturated carbocycles. The van der Waals surface area contributed by atoms with Crippen molar-refractivity contribution >= 4 is 5.82 Å². The van der Waals surface area contributed by atoms with Crippen LogP contribution in [0, 0.1) is 0 Å². The van der Waals surface area contributed by atoms with Gasteiger partial charge in [0.15, 0.2) is 5.82 Å². The van der Waals surface area contributed by atoms with E-state index in [0.29, 0.717) is 25.5 Å². The molecule has 0 unspecified atom stereocenters. The molecule has 1 N–H and O–H groups in total. The molecule has 2 aromatic rings. The lowest BCUT2D eigenvalue weighted by molar-refractivity contribution is 0.128. The van der Waals surface area contributed by atoms with Gasteiger partial charge < -0.3 is 10.1 Å². The van der Waals surface area contributed by atoms with Gasteiger partial charge in [-0.1, -0.05) is 6.07 Å². The summed E-state index contributed by atoms with van der Waals surface area (Å²) in [6, 6.07) is 7.81. The molecular weight excluding hydrogens is 240 g/mol. The maximum Gasteiger partial charge on any atom is 0.156 e. The van der Waals surface area contributed by atoms with E-state index in [1.54, 1.807) is 6.20 Å². The summed E-state index contributed by atoms with van der Waals surface area (Å²) in [4.78, 5) is 13.2. The SMILES string of the molecule is CCOCc1nc(Cc2ccccn2)cc(NC)n1. The van der Waals surface area contributed by atoms with Gasteiger partial charge in [-0.25, -0.2) is 9.97 Å². The molecule has 2 rings (SSSR count). The lowest BCUT2D eigenvalue weighted by Crippen LogP contribution is -2.06. The number of hydrogen-bond acceptors (Lipinski definition) is 5. The summed E-state index contributed by atoms with van der Waals surface area (Å²) in [5, 5.41) is 3.04. The van der Waals surface area contributed by atoms with Gasteiger partial charge in [0.2, 0.25) is 0 Å². The lowest BCUT2D eigenvalue weighted by Gasteiger charge is -2.07. The van der Waals surface area contributed by atoms with Gasteiger partial charge in [-0.15, -0.1) is 0 Å². The van der Waals surface area contributed by atoms with Crippen LogP contribution in [0.25, 0.3) is 0 Å². The molecule has 0 radical (unpaired) electrons. The Kier molecular flexibility index (Phi) is 4.80. The number of aromatic nitrogens is 3. The first-order chi connectivity index (χ1) is 9.31. The van der Waals surface area contributed by atoms with E-state index < -0.39 is 0 Å². The summed E-state index contributed by atoms with van der Waals surface area (Å²) >= 11 is 0. The first-order valence-electron chi connectivity index (χ1n) is 6.34. The summed E-state index contributed by atoms with van der Waals surface area (Å²) in [5.41, 5.74) is 1.93. The number of ether oxygens (including phenoxy) is 1. The first kappa shape index (κ1) is 13.4. The van der Waals surface area contributed by atoms with Gasteiger partial charge in [0, 0.05) is 38.0 Å². The van der Waals surface area contributed by atoms with Gasteiger partial charge in [0.05, 0.1) is 5.69 Å². The third-order valence-corrected chi connectivity index (χ3v) is 2.61. The zero-order valence-corrected chi connectivity index (χ0v) is 11.3. The van der Waals surface area contributed by atoms with Crippen molar-refractivity contribution in [2.24, 2.45) is 0 Å². The first-order valence-corrected chi connectivity index (χ1v) is 6.34. The topological polar surface area (TPSA) is 59.9 Å². The van der Waals surface area contributed by atoms with Crippen molar-refractivity contribution < 1.29 is 4.74 Å². The number of pyridine rings is 1. The van der Waals surface area contributed by atoms with E-state index in [2.05, 4.69) is 20.3 Å². The predicted molar refractivity (Wildman–Crippen MR) is 74.0 cm³/mol. The molecular formula is C14H18N4O. The highest BCUT2D eigenvalue weighted by Gasteiger charge is 2.05. The summed E-state index contributed by atoms with van der Waals surface area (Å²) in [5.74, 6) is 1.50. The van der Waals surface area contributed by atoms with Crippen LogP contribution >= 0.6 is 0 Å². The molecule has 0 spiro atoms. The van der Waals surface area contributed by atoms with Gasteiger partial charge >= 0.3 is 0 Å². The fourth-order valence-corrected chi connectivity index (χ4v) is 1.72. The average Bonchev–Trinajstić information content (AvgIpc) is 2.46. The van der Waals surface area contributed by atoms with Gasteiger partial charge in [-0.05, 0) is 19.1 Å². The molecule has 0 aliphatic carbocycles. The number of rotatable bonds is 6. The van der Waals surface area contributed by atoms with Gasteiger partial charge in [0.25, 0.3) is 0 Å². The summed E-state index contributed by atoms with van der Waals surface area (Å²) in [7, 11) is 1.84. The van der Waals surface area contributed by atoms with E-state index in [1.807, 2.05) is 38.2 Å². The molecule has 0 aliphatic rings. The highest BCUT2D eigenvalue weighted by Crippen LogP contribution is 2.10. The van der Waals surface area contributed by atoms with Crippen molar-refractivity contribution in [2.75, 3.05) is 19.0 Å². The maximum absolute atomic E-state index is 5.36. The number of nitrogens with zero attached hydrogens (tertiary/aromatic N) is 3. The third-order valence-electron chi connectivity index (χ3n) is 2.61. The highest BCUT2D eigenvalue weighted by atomic mass is 16.5. The van der Waals surface area contributed by atoms with Crippen LogP contribution in [0.5, 0.6) is 0 Å². The molecule has 19 heavy (non-hydrogen) atoms. The minimum absolute atomic E-state index is 0.432. The second-order valence-corrected chi connectivity index (χ2v) is 4.05. The van der Waals surface area contributed by atoms with Gasteiger partial charge in [0.1, 0.15) is 12.4 Å². The lowest BCUT2D eigenvalue weighted by atomic mass is 10.2. The summed E-state index contributed by atoms with van der Waals surface area (Å²) < 4.78 is 5.36. The van der Waals surface area contributed by atoms with Crippen molar-refractivity contribution in [3.8, 4) is 0 Å². The van der Waals surface area contributed by atoms with Crippen LogP contribution in [0.1, 0.15) is 24.1 Å². The standard InChI is InChI=1S/C14H18N4O/c1-3-19-10-14-17-12(9-13(15-2)18-14)8-11-6-4-5-7-16-11/h4-7,9H,3,8,10H2,1-2H3,(H,15,17,18). The Labute approximate surface area is 113 Å². The van der Waals surface area contributed by atoms with E-state index in [-0.39, 0.29) is 0 Å². The van der Waals surface area contributed by atoms with E-state index in [0.717, 1.165) is 17.2 Å². The van der Waals surface area contributed by atoms with E-state index >= 15 is 0 Å². The van der Waals surface area contributed by atoms with Crippen LogP contribution in [-0.2, 0) is 17.8 Å². The normalized spacial score (nSPS) is 10.4. The van der Waals surface area contributed by atoms with E-state index in [9.17, 15) is 0 Å². The van der Waals surface area contributed by atoms with Gasteiger partial charge in [-0.3, -0.25) is 4.98 Å². The number of anilines is 1. The fraction of sp³-hybridized carbons (Fsp3) is 0.357. The van der Waals surface area contributed by atoms with Gasteiger partial charge in [-0.2, -0.15) is 0 Å². The monoisotopic (exact) mass is 258 g/mol. The minimum atomic E-state index is 0.432. The third kappa shape index (κ3) is 3.99.